The number of carboxylic acid groups (broad SMARTS) is 1. The third-order valence-electron chi connectivity index (χ3n) is 2.60. The highest BCUT2D eigenvalue weighted by Crippen LogP contribution is 2.07. The minimum Gasteiger partial charge on any atom is -0.480 e. The lowest BCUT2D eigenvalue weighted by atomic mass is 10.2. The van der Waals surface area contributed by atoms with Gasteiger partial charge in [0.25, 0.3) is 0 Å². The third kappa shape index (κ3) is 6.88. The molecule has 0 aromatic carbocycles. The van der Waals surface area contributed by atoms with E-state index in [0.29, 0.717) is 6.54 Å². The predicted molar refractivity (Wildman–Crippen MR) is 69.5 cm³/mol. The van der Waals surface area contributed by atoms with Gasteiger partial charge in [0.05, 0.1) is 12.7 Å². The van der Waals surface area contributed by atoms with Crippen LogP contribution >= 0.6 is 12.6 Å². The normalized spacial score (nSPS) is 14.9. The summed E-state index contributed by atoms with van der Waals surface area (Å²) >= 11 is 4.02. The lowest BCUT2D eigenvalue weighted by molar-refractivity contribution is -0.143. The monoisotopic (exact) mass is 265 g/mol. The molecule has 2 unspecified atom stereocenters. The minimum absolute atomic E-state index is 0.164. The Hall–Kier alpha value is -0.300. The van der Waals surface area contributed by atoms with Crippen LogP contribution in [0.5, 0.6) is 0 Å². The van der Waals surface area contributed by atoms with E-state index in [1.54, 1.807) is 4.90 Å². The number of unbranched alkanes of at least 4 members (excludes halogenated alkanes) is 2. The molecule has 0 saturated heterocycles. The van der Waals surface area contributed by atoms with Gasteiger partial charge < -0.3 is 15.3 Å². The van der Waals surface area contributed by atoms with E-state index in [0.717, 1.165) is 19.3 Å². The van der Waals surface area contributed by atoms with Gasteiger partial charge in [-0.2, -0.15) is 12.6 Å². The lowest BCUT2D eigenvalue weighted by Crippen LogP contribution is -2.47. The molecule has 2 atom stereocenters. The summed E-state index contributed by atoms with van der Waals surface area (Å²) in [5.41, 5.74) is 0. The predicted octanol–water partition coefficient (Wildman–Crippen LogP) is 0.215. The Labute approximate surface area is 108 Å². The first kappa shape index (κ1) is 16.7. The number of hydrogen-bond acceptors (Lipinski definition) is 5. The van der Waals surface area contributed by atoms with E-state index in [9.17, 15) is 9.90 Å². The molecule has 0 aromatic heterocycles. The molecule has 0 bridgehead atoms. The molecule has 0 radical (unpaired) electrons. The van der Waals surface area contributed by atoms with Gasteiger partial charge in [-0.3, -0.25) is 9.69 Å². The summed E-state index contributed by atoms with van der Waals surface area (Å²) < 4.78 is 0. The maximum atomic E-state index is 11.0. The smallest absolute Gasteiger partial charge is 0.321 e. The zero-order chi connectivity index (χ0) is 13.3. The van der Waals surface area contributed by atoms with Crippen LogP contribution in [-0.2, 0) is 4.79 Å². The maximum absolute atomic E-state index is 11.0. The fourth-order valence-corrected chi connectivity index (χ4v) is 2.00. The zero-order valence-corrected chi connectivity index (χ0v) is 11.1. The Morgan fingerprint density at radius 2 is 2.06 bits per heavy atom. The third-order valence-corrected chi connectivity index (χ3v) is 2.95. The van der Waals surface area contributed by atoms with Gasteiger partial charge in [-0.05, 0) is 13.0 Å². The average molecular weight is 265 g/mol. The van der Waals surface area contributed by atoms with Crippen LogP contribution in [0, 0.1) is 0 Å². The molecular formula is C11H23NO4S. The number of carbonyl (C=O) groups is 1. The van der Waals surface area contributed by atoms with Crippen LogP contribution in [-0.4, -0.2) is 63.8 Å². The first-order valence-electron chi connectivity index (χ1n) is 5.93. The van der Waals surface area contributed by atoms with Gasteiger partial charge in [0, 0.05) is 12.3 Å². The van der Waals surface area contributed by atoms with Crippen LogP contribution in [0.1, 0.15) is 26.2 Å². The largest absolute Gasteiger partial charge is 0.480 e. The van der Waals surface area contributed by atoms with Crippen molar-refractivity contribution in [2.45, 2.75) is 38.3 Å². The topological polar surface area (TPSA) is 81.0 Å². The molecule has 102 valence electrons. The second kappa shape index (κ2) is 9.70. The fourth-order valence-electron chi connectivity index (χ4n) is 1.62. The van der Waals surface area contributed by atoms with Crippen molar-refractivity contribution in [1.82, 2.24) is 4.90 Å². The van der Waals surface area contributed by atoms with Crippen molar-refractivity contribution in [2.75, 3.05) is 25.4 Å². The Morgan fingerprint density at radius 1 is 1.41 bits per heavy atom. The number of thiol groups is 1. The minimum atomic E-state index is -0.943. The average Bonchev–Trinajstić information content (AvgIpc) is 2.29. The Bertz CT molecular complexity index is 216. The van der Waals surface area contributed by atoms with Crippen LogP contribution in [0.4, 0.5) is 0 Å². The number of aliphatic carboxylic acids is 1. The van der Waals surface area contributed by atoms with Crippen LogP contribution in [0.15, 0.2) is 0 Å². The maximum Gasteiger partial charge on any atom is 0.321 e. The highest BCUT2D eigenvalue weighted by Gasteiger charge is 2.25. The van der Waals surface area contributed by atoms with Gasteiger partial charge in [-0.25, -0.2) is 0 Å². The summed E-state index contributed by atoms with van der Waals surface area (Å²) in [6.45, 7) is 2.48. The molecule has 17 heavy (non-hydrogen) atoms. The van der Waals surface area contributed by atoms with Crippen LogP contribution in [0.2, 0.25) is 0 Å². The van der Waals surface area contributed by atoms with Crippen molar-refractivity contribution < 1.29 is 20.1 Å². The molecule has 0 aliphatic carbocycles. The molecule has 3 N–H and O–H groups in total. The Balaban J connectivity index is 4.40. The SMILES string of the molecule is CCCCCN(CC(O)CO)C(CS)C(=O)O. The molecule has 0 amide bonds. The Kier molecular flexibility index (Phi) is 9.53. The molecule has 0 aromatic rings. The van der Waals surface area contributed by atoms with Gasteiger partial charge in [0.2, 0.25) is 0 Å². The molecule has 0 heterocycles. The van der Waals surface area contributed by atoms with Crippen molar-refractivity contribution in [3.05, 3.63) is 0 Å². The first-order chi connectivity index (χ1) is 8.06. The van der Waals surface area contributed by atoms with Gasteiger partial charge in [0.1, 0.15) is 6.04 Å². The van der Waals surface area contributed by atoms with E-state index in [2.05, 4.69) is 19.6 Å². The summed E-state index contributed by atoms with van der Waals surface area (Å²) in [6.07, 6.45) is 2.05. The highest BCUT2D eigenvalue weighted by molar-refractivity contribution is 7.80. The standard InChI is InChI=1S/C11H23NO4S/c1-2-3-4-5-12(6-9(14)7-13)10(8-17)11(15)16/h9-10,13-14,17H,2-8H2,1H3,(H,15,16). The number of nitrogens with zero attached hydrogens (tertiary/aromatic N) is 1. The molecule has 0 rings (SSSR count). The van der Waals surface area contributed by atoms with Crippen molar-refractivity contribution >= 4 is 18.6 Å². The molecule has 0 aliphatic heterocycles. The quantitative estimate of drug-likeness (QED) is 0.335. The molecule has 5 nitrogen and oxygen atoms in total. The summed E-state index contributed by atoms with van der Waals surface area (Å²) in [5, 5.41) is 27.3. The van der Waals surface area contributed by atoms with Crippen LogP contribution < -0.4 is 0 Å². The fraction of sp³-hybridized carbons (Fsp3) is 0.909. The highest BCUT2D eigenvalue weighted by atomic mass is 32.1. The lowest BCUT2D eigenvalue weighted by Gasteiger charge is -2.29. The van der Waals surface area contributed by atoms with Crippen molar-refractivity contribution in [1.29, 1.82) is 0 Å². The van der Waals surface area contributed by atoms with E-state index >= 15 is 0 Å². The number of hydrogen-bond donors (Lipinski definition) is 4. The molecule has 0 aliphatic rings. The second-order valence-corrected chi connectivity index (χ2v) is 4.44. The summed E-state index contributed by atoms with van der Waals surface area (Å²) in [6, 6.07) is -0.712. The first-order valence-corrected chi connectivity index (χ1v) is 6.56. The van der Waals surface area contributed by atoms with Crippen LogP contribution in [0.25, 0.3) is 0 Å². The second-order valence-electron chi connectivity index (χ2n) is 4.08. The number of aliphatic hydroxyl groups is 2. The number of carboxylic acids is 1. The van der Waals surface area contributed by atoms with Gasteiger partial charge >= 0.3 is 5.97 Å². The van der Waals surface area contributed by atoms with Crippen molar-refractivity contribution in [3.8, 4) is 0 Å². The van der Waals surface area contributed by atoms with E-state index < -0.39 is 18.1 Å². The van der Waals surface area contributed by atoms with Gasteiger partial charge in [0.15, 0.2) is 0 Å². The van der Waals surface area contributed by atoms with E-state index in [-0.39, 0.29) is 18.9 Å². The van der Waals surface area contributed by atoms with E-state index in [1.165, 1.54) is 0 Å². The summed E-state index contributed by atoms with van der Waals surface area (Å²) in [5.74, 6) is -0.749. The van der Waals surface area contributed by atoms with Crippen molar-refractivity contribution in [3.63, 3.8) is 0 Å². The van der Waals surface area contributed by atoms with Crippen LogP contribution in [0.3, 0.4) is 0 Å². The summed E-state index contributed by atoms with van der Waals surface area (Å²) in [4.78, 5) is 12.7. The zero-order valence-electron chi connectivity index (χ0n) is 10.2. The number of aliphatic hydroxyl groups excluding tert-OH is 2. The summed E-state index contributed by atoms with van der Waals surface area (Å²) in [7, 11) is 0. The molecular weight excluding hydrogens is 242 g/mol. The Morgan fingerprint density at radius 3 is 2.47 bits per heavy atom. The van der Waals surface area contributed by atoms with Gasteiger partial charge in [-0.15, -0.1) is 0 Å². The molecule has 6 heteroatoms. The molecule has 0 saturated carbocycles. The molecule has 0 spiro atoms. The van der Waals surface area contributed by atoms with Crippen molar-refractivity contribution in [2.24, 2.45) is 0 Å². The van der Waals surface area contributed by atoms with E-state index in [1.807, 2.05) is 0 Å². The van der Waals surface area contributed by atoms with E-state index in [4.69, 9.17) is 10.2 Å². The molecule has 0 fully saturated rings. The van der Waals surface area contributed by atoms with Gasteiger partial charge in [-0.1, -0.05) is 19.8 Å². The number of rotatable bonds is 10.